The lowest BCUT2D eigenvalue weighted by molar-refractivity contribution is 0.0586. The van der Waals surface area contributed by atoms with Gasteiger partial charge in [-0.05, 0) is 50.3 Å². The fraction of sp³-hybridized carbons (Fsp3) is 0.526. The van der Waals surface area contributed by atoms with Gasteiger partial charge >= 0.3 is 0 Å². The van der Waals surface area contributed by atoms with Gasteiger partial charge in [-0.2, -0.15) is 0 Å². The maximum atomic E-state index is 12.6. The zero-order valence-corrected chi connectivity index (χ0v) is 14.2. The number of nitrogens with zero attached hydrogens (tertiary/aromatic N) is 2. The highest BCUT2D eigenvalue weighted by Crippen LogP contribution is 2.41. The van der Waals surface area contributed by atoms with Crippen LogP contribution in [0.15, 0.2) is 39.8 Å². The average Bonchev–Trinajstić information content (AvgIpc) is 3.31. The van der Waals surface area contributed by atoms with Crippen LogP contribution in [-0.2, 0) is 6.54 Å². The number of carbonyl (C=O) groups excluding carboxylic acids is 1. The number of amides is 1. The molecule has 2 saturated heterocycles. The molecule has 1 amide bonds. The minimum atomic E-state index is 0.115. The molecule has 4 rings (SSSR count). The van der Waals surface area contributed by atoms with E-state index < -0.39 is 0 Å². The van der Waals surface area contributed by atoms with E-state index in [0.29, 0.717) is 16.7 Å². The van der Waals surface area contributed by atoms with E-state index in [-0.39, 0.29) is 5.91 Å². The number of carbonyl (C=O) groups is 1. The average molecular weight is 328 g/mol. The van der Waals surface area contributed by atoms with Crippen LogP contribution in [0.3, 0.4) is 0 Å². The third kappa shape index (κ3) is 2.88. The highest BCUT2D eigenvalue weighted by molar-refractivity contribution is 5.95. The van der Waals surface area contributed by atoms with Gasteiger partial charge in [-0.15, -0.1) is 0 Å². The Hall–Kier alpha value is -2.01. The first-order valence-corrected chi connectivity index (χ1v) is 8.72. The van der Waals surface area contributed by atoms with Crippen molar-refractivity contribution in [3.63, 3.8) is 0 Å². The van der Waals surface area contributed by atoms with Crippen molar-refractivity contribution in [3.8, 4) is 0 Å². The van der Waals surface area contributed by atoms with E-state index in [2.05, 4.69) is 4.90 Å². The minimum absolute atomic E-state index is 0.115. The van der Waals surface area contributed by atoms with Gasteiger partial charge in [0.15, 0.2) is 0 Å². The molecule has 1 spiro atoms. The Morgan fingerprint density at radius 3 is 2.62 bits per heavy atom. The minimum Gasteiger partial charge on any atom is -0.472 e. The van der Waals surface area contributed by atoms with Crippen molar-refractivity contribution in [2.45, 2.75) is 32.7 Å². The lowest BCUT2D eigenvalue weighted by Crippen LogP contribution is -2.44. The third-order valence-corrected chi connectivity index (χ3v) is 5.70. The Bertz CT molecular complexity index is 696. The maximum absolute atomic E-state index is 12.6. The van der Waals surface area contributed by atoms with Gasteiger partial charge in [0, 0.05) is 31.7 Å². The monoisotopic (exact) mass is 328 g/mol. The van der Waals surface area contributed by atoms with E-state index >= 15 is 0 Å². The molecule has 2 aromatic heterocycles. The lowest BCUT2D eigenvalue weighted by atomic mass is 9.77. The molecule has 2 aliphatic rings. The molecule has 0 bridgehead atoms. The van der Waals surface area contributed by atoms with Gasteiger partial charge in [0.05, 0.1) is 24.4 Å². The smallest absolute Gasteiger partial charge is 0.257 e. The first kappa shape index (κ1) is 15.5. The van der Waals surface area contributed by atoms with Gasteiger partial charge < -0.3 is 13.7 Å². The highest BCUT2D eigenvalue weighted by Gasteiger charge is 2.41. The molecule has 2 aliphatic heterocycles. The number of furan rings is 2. The van der Waals surface area contributed by atoms with Crippen LogP contribution in [0, 0.1) is 12.3 Å². The summed E-state index contributed by atoms with van der Waals surface area (Å²) in [5.41, 5.74) is 2.33. The number of hydrogen-bond donors (Lipinski definition) is 0. The standard InChI is InChI=1S/C19H24N2O3/c1-15-17(3-11-24-15)18(22)21-8-5-19(6-9-21)4-7-20(14-19)12-16-2-10-23-13-16/h2-3,10-11,13H,4-9,12,14H2,1H3. The number of aryl methyl sites for hydroxylation is 1. The molecule has 5 nitrogen and oxygen atoms in total. The van der Waals surface area contributed by atoms with Crippen LogP contribution in [0.1, 0.15) is 40.9 Å². The summed E-state index contributed by atoms with van der Waals surface area (Å²) in [5, 5.41) is 0. The van der Waals surface area contributed by atoms with Crippen LogP contribution < -0.4 is 0 Å². The molecule has 0 radical (unpaired) electrons. The van der Waals surface area contributed by atoms with Crippen molar-refractivity contribution in [2.75, 3.05) is 26.2 Å². The van der Waals surface area contributed by atoms with Crippen LogP contribution in [-0.4, -0.2) is 41.9 Å². The third-order valence-electron chi connectivity index (χ3n) is 5.70. The van der Waals surface area contributed by atoms with E-state index in [1.165, 1.54) is 12.0 Å². The second-order valence-electron chi connectivity index (χ2n) is 7.27. The fourth-order valence-corrected chi connectivity index (χ4v) is 4.17. The molecule has 5 heteroatoms. The quantitative estimate of drug-likeness (QED) is 0.867. The summed E-state index contributed by atoms with van der Waals surface area (Å²) in [6.45, 7) is 6.79. The molecule has 128 valence electrons. The molecule has 0 unspecified atom stereocenters. The molecule has 0 atom stereocenters. The van der Waals surface area contributed by atoms with Crippen molar-refractivity contribution < 1.29 is 13.6 Å². The van der Waals surface area contributed by atoms with Gasteiger partial charge in [0.2, 0.25) is 0 Å². The van der Waals surface area contributed by atoms with Gasteiger partial charge in [0.1, 0.15) is 5.76 Å². The van der Waals surface area contributed by atoms with E-state index in [4.69, 9.17) is 8.83 Å². The Kier molecular flexibility index (Phi) is 3.96. The van der Waals surface area contributed by atoms with Crippen molar-refractivity contribution in [3.05, 3.63) is 47.8 Å². The largest absolute Gasteiger partial charge is 0.472 e. The van der Waals surface area contributed by atoms with Crippen LogP contribution in [0.25, 0.3) is 0 Å². The molecule has 2 aromatic rings. The van der Waals surface area contributed by atoms with Gasteiger partial charge in [-0.1, -0.05) is 0 Å². The van der Waals surface area contributed by atoms with E-state index in [1.807, 2.05) is 24.2 Å². The molecule has 24 heavy (non-hydrogen) atoms. The summed E-state index contributed by atoms with van der Waals surface area (Å²) in [7, 11) is 0. The summed E-state index contributed by atoms with van der Waals surface area (Å²) < 4.78 is 10.4. The van der Waals surface area contributed by atoms with Crippen molar-refractivity contribution >= 4 is 5.91 Å². The summed E-state index contributed by atoms with van der Waals surface area (Å²) >= 11 is 0. The summed E-state index contributed by atoms with van der Waals surface area (Å²) in [6.07, 6.45) is 8.59. The molecular formula is C19H24N2O3. The second kappa shape index (κ2) is 6.13. The Morgan fingerprint density at radius 1 is 1.17 bits per heavy atom. The van der Waals surface area contributed by atoms with Crippen LogP contribution in [0.4, 0.5) is 0 Å². The van der Waals surface area contributed by atoms with Crippen LogP contribution in [0.2, 0.25) is 0 Å². The number of rotatable bonds is 3. The van der Waals surface area contributed by atoms with E-state index in [0.717, 1.165) is 45.6 Å². The molecule has 0 aromatic carbocycles. The predicted molar refractivity (Wildman–Crippen MR) is 89.6 cm³/mol. The van der Waals surface area contributed by atoms with Crippen molar-refractivity contribution in [1.82, 2.24) is 9.80 Å². The molecule has 2 fully saturated rings. The van der Waals surface area contributed by atoms with Gasteiger partial charge in [-0.3, -0.25) is 9.69 Å². The van der Waals surface area contributed by atoms with Crippen molar-refractivity contribution in [1.29, 1.82) is 0 Å². The lowest BCUT2D eigenvalue weighted by Gasteiger charge is -2.39. The van der Waals surface area contributed by atoms with Gasteiger partial charge in [-0.25, -0.2) is 0 Å². The molecule has 0 aliphatic carbocycles. The molecule has 0 saturated carbocycles. The second-order valence-corrected chi connectivity index (χ2v) is 7.27. The zero-order valence-electron chi connectivity index (χ0n) is 14.2. The van der Waals surface area contributed by atoms with Crippen molar-refractivity contribution in [2.24, 2.45) is 5.41 Å². The SMILES string of the molecule is Cc1occc1C(=O)N1CCC2(CCN(Cc3ccoc3)C2)CC1. The first-order valence-electron chi connectivity index (χ1n) is 8.72. The fourth-order valence-electron chi connectivity index (χ4n) is 4.17. The number of piperidine rings is 1. The summed E-state index contributed by atoms with van der Waals surface area (Å²) in [4.78, 5) is 17.1. The van der Waals surface area contributed by atoms with E-state index in [9.17, 15) is 4.79 Å². The molecule has 4 heterocycles. The highest BCUT2D eigenvalue weighted by atomic mass is 16.3. The Labute approximate surface area is 142 Å². The summed E-state index contributed by atoms with van der Waals surface area (Å²) in [6, 6.07) is 3.82. The molecule has 0 N–H and O–H groups in total. The number of hydrogen-bond acceptors (Lipinski definition) is 4. The first-order chi connectivity index (χ1) is 11.7. The maximum Gasteiger partial charge on any atom is 0.257 e. The topological polar surface area (TPSA) is 49.8 Å². The number of likely N-dealkylation sites (tertiary alicyclic amines) is 2. The van der Waals surface area contributed by atoms with E-state index in [1.54, 1.807) is 18.6 Å². The van der Waals surface area contributed by atoms with Gasteiger partial charge in [0.25, 0.3) is 5.91 Å². The molecular weight excluding hydrogens is 304 g/mol. The van der Waals surface area contributed by atoms with Crippen LogP contribution >= 0.6 is 0 Å². The normalized spacial score (nSPS) is 20.8. The summed E-state index contributed by atoms with van der Waals surface area (Å²) in [5.74, 6) is 0.830. The predicted octanol–water partition coefficient (Wildman–Crippen LogP) is 3.31. The zero-order chi connectivity index (χ0) is 16.6. The Balaban J connectivity index is 1.34. The van der Waals surface area contributed by atoms with Crippen LogP contribution in [0.5, 0.6) is 0 Å². The Morgan fingerprint density at radius 2 is 1.96 bits per heavy atom.